The fourth-order valence-electron chi connectivity index (χ4n) is 3.92. The number of anilines is 1. The first-order valence-electron chi connectivity index (χ1n) is 10.7. The van der Waals surface area contributed by atoms with Crippen molar-refractivity contribution in [3.05, 3.63) is 58.9 Å². The highest BCUT2D eigenvalue weighted by Crippen LogP contribution is 2.28. The van der Waals surface area contributed by atoms with Crippen LogP contribution in [0.5, 0.6) is 5.75 Å². The van der Waals surface area contributed by atoms with Crippen LogP contribution in [0.2, 0.25) is 0 Å². The molecule has 1 aliphatic rings. The number of furan rings is 1. The van der Waals surface area contributed by atoms with Crippen molar-refractivity contribution in [2.45, 2.75) is 30.6 Å². The second kappa shape index (κ2) is 9.29. The highest BCUT2D eigenvalue weighted by atomic mass is 32.2. The Labute approximate surface area is 193 Å². The van der Waals surface area contributed by atoms with Crippen molar-refractivity contribution < 1.29 is 18.7 Å². The van der Waals surface area contributed by atoms with Crippen molar-refractivity contribution in [3.8, 4) is 5.75 Å². The fourth-order valence-corrected chi connectivity index (χ4v) is 4.72. The van der Waals surface area contributed by atoms with E-state index >= 15 is 0 Å². The van der Waals surface area contributed by atoms with Gasteiger partial charge < -0.3 is 19.2 Å². The normalized spacial score (nSPS) is 15.8. The summed E-state index contributed by atoms with van der Waals surface area (Å²) in [6.07, 6.45) is 1.79. The number of benzene rings is 2. The molecule has 1 amide bonds. The van der Waals surface area contributed by atoms with Crippen molar-refractivity contribution in [2.75, 3.05) is 24.8 Å². The molecule has 1 N–H and O–H groups in total. The van der Waals surface area contributed by atoms with Gasteiger partial charge in [-0.15, -0.1) is 0 Å². The van der Waals surface area contributed by atoms with E-state index in [4.69, 9.17) is 18.9 Å². The molecular formula is C24H23N3O5S. The number of carbonyl (C=O) groups excluding carboxylic acids is 1. The van der Waals surface area contributed by atoms with E-state index in [1.807, 2.05) is 24.3 Å². The van der Waals surface area contributed by atoms with E-state index < -0.39 is 0 Å². The van der Waals surface area contributed by atoms with Gasteiger partial charge in [0.15, 0.2) is 5.16 Å². The number of rotatable bonds is 7. The molecule has 5 rings (SSSR count). The summed E-state index contributed by atoms with van der Waals surface area (Å²) in [7, 11) is 1.59. The van der Waals surface area contributed by atoms with Crippen LogP contribution in [0.4, 0.5) is 5.69 Å². The molecule has 4 aromatic rings. The molecule has 1 saturated heterocycles. The number of amides is 1. The van der Waals surface area contributed by atoms with E-state index in [0.717, 1.165) is 18.2 Å². The van der Waals surface area contributed by atoms with E-state index in [9.17, 15) is 9.59 Å². The number of nitrogens with zero attached hydrogens (tertiary/aromatic N) is 2. The van der Waals surface area contributed by atoms with Gasteiger partial charge in [-0.3, -0.25) is 14.2 Å². The van der Waals surface area contributed by atoms with Gasteiger partial charge in [-0.2, -0.15) is 0 Å². The number of methoxy groups -OCH3 is 1. The molecule has 2 aromatic heterocycles. The third-order valence-corrected chi connectivity index (χ3v) is 6.54. The highest BCUT2D eigenvalue weighted by molar-refractivity contribution is 7.99. The molecule has 9 heteroatoms. The van der Waals surface area contributed by atoms with Gasteiger partial charge in [-0.1, -0.05) is 23.9 Å². The lowest BCUT2D eigenvalue weighted by atomic mass is 10.2. The fraction of sp³-hybridized carbons (Fsp3) is 0.292. The number of para-hydroxylation sites is 1. The molecule has 3 heterocycles. The number of hydrogen-bond donors (Lipinski definition) is 1. The van der Waals surface area contributed by atoms with Gasteiger partial charge >= 0.3 is 0 Å². The third-order valence-electron chi connectivity index (χ3n) is 5.56. The number of carbonyl (C=O) groups is 1. The minimum Gasteiger partial charge on any atom is -0.497 e. The summed E-state index contributed by atoms with van der Waals surface area (Å²) in [4.78, 5) is 30.7. The first-order valence-corrected chi connectivity index (χ1v) is 11.7. The molecule has 1 aliphatic heterocycles. The quantitative estimate of drug-likeness (QED) is 0.325. The van der Waals surface area contributed by atoms with Gasteiger partial charge in [0.2, 0.25) is 11.5 Å². The Bertz CT molecular complexity index is 1360. The lowest BCUT2D eigenvalue weighted by Crippen LogP contribution is -2.29. The Morgan fingerprint density at radius 1 is 1.24 bits per heavy atom. The van der Waals surface area contributed by atoms with E-state index in [-0.39, 0.29) is 28.9 Å². The maximum Gasteiger partial charge on any atom is 0.297 e. The van der Waals surface area contributed by atoms with Crippen LogP contribution in [0.1, 0.15) is 12.8 Å². The number of aromatic nitrogens is 2. The molecule has 8 nitrogen and oxygen atoms in total. The Balaban J connectivity index is 1.43. The zero-order valence-electron chi connectivity index (χ0n) is 18.1. The zero-order chi connectivity index (χ0) is 22.8. The summed E-state index contributed by atoms with van der Waals surface area (Å²) in [6, 6.07) is 14.5. The number of ether oxygens (including phenoxy) is 2. The lowest BCUT2D eigenvalue weighted by molar-refractivity contribution is -0.113. The maximum atomic E-state index is 13.4. The van der Waals surface area contributed by atoms with E-state index in [1.165, 1.54) is 11.8 Å². The van der Waals surface area contributed by atoms with Crippen molar-refractivity contribution in [2.24, 2.45) is 0 Å². The SMILES string of the molecule is COc1ccc(NC(=O)CSc2nc3c(oc4ccccc43)c(=O)n2C[C@@H]2CCCO2)cc1. The van der Waals surface area contributed by atoms with Gasteiger partial charge in [0.1, 0.15) is 16.8 Å². The van der Waals surface area contributed by atoms with Crippen LogP contribution in [0.25, 0.3) is 22.1 Å². The van der Waals surface area contributed by atoms with Crippen molar-refractivity contribution in [1.29, 1.82) is 0 Å². The molecule has 1 fully saturated rings. The van der Waals surface area contributed by atoms with Crippen LogP contribution in [-0.4, -0.2) is 41.0 Å². The average Bonchev–Trinajstić information content (AvgIpc) is 3.48. The van der Waals surface area contributed by atoms with Gasteiger partial charge in [0, 0.05) is 17.7 Å². The van der Waals surface area contributed by atoms with Gasteiger partial charge in [-0.25, -0.2) is 4.98 Å². The van der Waals surface area contributed by atoms with Gasteiger partial charge in [0.25, 0.3) is 5.56 Å². The summed E-state index contributed by atoms with van der Waals surface area (Å²) in [5.74, 6) is 0.622. The summed E-state index contributed by atoms with van der Waals surface area (Å²) in [5, 5.41) is 4.11. The monoisotopic (exact) mass is 465 g/mol. The molecule has 33 heavy (non-hydrogen) atoms. The van der Waals surface area contributed by atoms with Gasteiger partial charge in [0.05, 0.1) is 25.5 Å². The Morgan fingerprint density at radius 3 is 2.82 bits per heavy atom. The largest absolute Gasteiger partial charge is 0.497 e. The molecule has 0 aliphatic carbocycles. The van der Waals surface area contributed by atoms with E-state index in [0.29, 0.717) is 40.8 Å². The molecule has 1 atom stereocenters. The minimum atomic E-state index is -0.259. The van der Waals surface area contributed by atoms with Crippen molar-refractivity contribution >= 4 is 45.4 Å². The van der Waals surface area contributed by atoms with Crippen LogP contribution in [0, 0.1) is 0 Å². The second-order valence-electron chi connectivity index (χ2n) is 7.79. The standard InChI is InChI=1S/C24H23N3O5S/c1-30-16-10-8-15(9-11-16)25-20(28)14-33-24-26-21-18-6-2-3-7-19(18)32-22(21)23(29)27(24)13-17-5-4-12-31-17/h2-3,6-11,17H,4-5,12-14H2,1H3,(H,25,28)/t17-/m0/s1. The second-order valence-corrected chi connectivity index (χ2v) is 8.73. The predicted molar refractivity (Wildman–Crippen MR) is 127 cm³/mol. The van der Waals surface area contributed by atoms with Crippen LogP contribution in [0.3, 0.4) is 0 Å². The van der Waals surface area contributed by atoms with Crippen LogP contribution in [-0.2, 0) is 16.1 Å². The average molecular weight is 466 g/mol. The Hall–Kier alpha value is -3.30. The third kappa shape index (κ3) is 4.46. The molecular weight excluding hydrogens is 442 g/mol. The summed E-state index contributed by atoms with van der Waals surface area (Å²) >= 11 is 1.22. The van der Waals surface area contributed by atoms with Crippen molar-refractivity contribution in [1.82, 2.24) is 9.55 Å². The summed E-state index contributed by atoms with van der Waals surface area (Å²) in [6.45, 7) is 1.06. The van der Waals surface area contributed by atoms with Gasteiger partial charge in [-0.05, 0) is 49.2 Å². The molecule has 2 aromatic carbocycles. The minimum absolute atomic E-state index is 0.0567. The molecule has 0 saturated carbocycles. The highest BCUT2D eigenvalue weighted by Gasteiger charge is 2.23. The predicted octanol–water partition coefficient (Wildman–Crippen LogP) is 4.06. The summed E-state index contributed by atoms with van der Waals surface area (Å²) in [5.41, 5.74) is 1.76. The molecule has 0 bridgehead atoms. The van der Waals surface area contributed by atoms with Crippen LogP contribution >= 0.6 is 11.8 Å². The number of thioether (sulfide) groups is 1. The molecule has 170 valence electrons. The van der Waals surface area contributed by atoms with Crippen molar-refractivity contribution in [3.63, 3.8) is 0 Å². The lowest BCUT2D eigenvalue weighted by Gasteiger charge is -2.15. The van der Waals surface area contributed by atoms with E-state index in [1.54, 1.807) is 35.9 Å². The Kier molecular flexibility index (Phi) is 6.06. The van der Waals surface area contributed by atoms with Crippen LogP contribution in [0.15, 0.2) is 62.9 Å². The first kappa shape index (κ1) is 21.5. The number of nitrogens with one attached hydrogen (secondary N) is 1. The number of hydrogen-bond acceptors (Lipinski definition) is 7. The molecule has 0 unspecified atom stereocenters. The maximum absolute atomic E-state index is 13.4. The van der Waals surface area contributed by atoms with E-state index in [2.05, 4.69) is 5.32 Å². The smallest absolute Gasteiger partial charge is 0.297 e. The zero-order valence-corrected chi connectivity index (χ0v) is 18.9. The number of fused-ring (bicyclic) bond motifs is 3. The Morgan fingerprint density at radius 2 is 2.06 bits per heavy atom. The molecule has 0 spiro atoms. The van der Waals surface area contributed by atoms with Crippen LogP contribution < -0.4 is 15.6 Å². The topological polar surface area (TPSA) is 95.6 Å². The summed E-state index contributed by atoms with van der Waals surface area (Å²) < 4.78 is 18.3. The molecule has 0 radical (unpaired) electrons. The first-order chi connectivity index (χ1) is 16.1.